The van der Waals surface area contributed by atoms with Crippen LogP contribution in [0.5, 0.6) is 0 Å². The van der Waals surface area contributed by atoms with Gasteiger partial charge in [0, 0.05) is 38.1 Å². The van der Waals surface area contributed by atoms with Crippen molar-refractivity contribution >= 4 is 11.6 Å². The van der Waals surface area contributed by atoms with E-state index in [4.69, 9.17) is 0 Å². The van der Waals surface area contributed by atoms with Crippen molar-refractivity contribution in [1.29, 1.82) is 0 Å². The Bertz CT molecular complexity index is 814. The minimum absolute atomic E-state index is 0.147. The van der Waals surface area contributed by atoms with E-state index >= 15 is 0 Å². The lowest BCUT2D eigenvalue weighted by Crippen LogP contribution is -2.49. The van der Waals surface area contributed by atoms with Crippen LogP contribution in [0.4, 0.5) is 18.9 Å². The van der Waals surface area contributed by atoms with Crippen LogP contribution in [0.15, 0.2) is 30.5 Å². The van der Waals surface area contributed by atoms with Gasteiger partial charge in [-0.3, -0.25) is 4.79 Å². The average molecular weight is 364 g/mol. The van der Waals surface area contributed by atoms with Crippen LogP contribution in [0.3, 0.4) is 0 Å². The third-order valence-corrected chi connectivity index (χ3v) is 4.44. The predicted molar refractivity (Wildman–Crippen MR) is 91.1 cm³/mol. The molecule has 26 heavy (non-hydrogen) atoms. The first-order valence-corrected chi connectivity index (χ1v) is 8.27. The van der Waals surface area contributed by atoms with Crippen molar-refractivity contribution in [2.45, 2.75) is 20.0 Å². The molecule has 1 amide bonds. The number of piperazine rings is 1. The third kappa shape index (κ3) is 3.79. The van der Waals surface area contributed by atoms with Crippen molar-refractivity contribution in [2.75, 3.05) is 31.1 Å². The molecule has 5 nitrogen and oxygen atoms in total. The van der Waals surface area contributed by atoms with Crippen LogP contribution < -0.4 is 4.90 Å². The number of alkyl halides is 3. The van der Waals surface area contributed by atoms with Gasteiger partial charge in [-0.1, -0.05) is 6.07 Å². The van der Waals surface area contributed by atoms with Gasteiger partial charge >= 0.3 is 6.18 Å². The van der Waals surface area contributed by atoms with Crippen LogP contribution in [0, 0.1) is 13.8 Å². The Morgan fingerprint density at radius 2 is 1.81 bits per heavy atom. The van der Waals surface area contributed by atoms with E-state index in [0.29, 0.717) is 48.9 Å². The van der Waals surface area contributed by atoms with Gasteiger partial charge in [-0.2, -0.15) is 13.2 Å². The van der Waals surface area contributed by atoms with Crippen LogP contribution >= 0.6 is 0 Å². The highest BCUT2D eigenvalue weighted by Crippen LogP contribution is 2.31. The quantitative estimate of drug-likeness (QED) is 0.822. The molecule has 0 aliphatic carbocycles. The summed E-state index contributed by atoms with van der Waals surface area (Å²) >= 11 is 0. The number of hydrogen-bond acceptors (Lipinski definition) is 4. The van der Waals surface area contributed by atoms with E-state index in [9.17, 15) is 18.0 Å². The van der Waals surface area contributed by atoms with Crippen molar-refractivity contribution in [3.63, 3.8) is 0 Å². The molecular weight excluding hydrogens is 345 g/mol. The van der Waals surface area contributed by atoms with Crippen molar-refractivity contribution < 1.29 is 18.0 Å². The number of hydrogen-bond donors (Lipinski definition) is 0. The molecule has 3 rings (SSSR count). The summed E-state index contributed by atoms with van der Waals surface area (Å²) in [5, 5.41) is 0. The SMILES string of the molecule is Cc1ncc(C(=O)N2CCN(c3cccc(C(F)(F)F)c3)CC2)c(C)n1. The van der Waals surface area contributed by atoms with Gasteiger partial charge in [0.1, 0.15) is 5.82 Å². The number of nitrogens with zero attached hydrogens (tertiary/aromatic N) is 4. The monoisotopic (exact) mass is 364 g/mol. The number of halogens is 3. The summed E-state index contributed by atoms with van der Waals surface area (Å²) in [7, 11) is 0. The predicted octanol–water partition coefficient (Wildman–Crippen LogP) is 3.07. The number of benzene rings is 1. The van der Waals surface area contributed by atoms with Gasteiger partial charge in [-0.05, 0) is 32.0 Å². The van der Waals surface area contributed by atoms with Crippen molar-refractivity contribution in [2.24, 2.45) is 0 Å². The largest absolute Gasteiger partial charge is 0.416 e. The number of carbonyl (C=O) groups excluding carboxylic acids is 1. The minimum atomic E-state index is -4.36. The Kier molecular flexibility index (Phi) is 4.84. The smallest absolute Gasteiger partial charge is 0.368 e. The Hall–Kier alpha value is -2.64. The number of rotatable bonds is 2. The number of anilines is 1. The third-order valence-electron chi connectivity index (χ3n) is 4.44. The molecule has 1 fully saturated rings. The molecule has 0 unspecified atom stereocenters. The van der Waals surface area contributed by atoms with E-state index in [1.165, 1.54) is 12.3 Å². The van der Waals surface area contributed by atoms with Gasteiger partial charge in [0.15, 0.2) is 0 Å². The lowest BCUT2D eigenvalue weighted by molar-refractivity contribution is -0.137. The van der Waals surface area contributed by atoms with E-state index in [1.807, 2.05) is 4.90 Å². The minimum Gasteiger partial charge on any atom is -0.368 e. The van der Waals surface area contributed by atoms with Gasteiger partial charge in [0.05, 0.1) is 16.8 Å². The summed E-state index contributed by atoms with van der Waals surface area (Å²) in [5.41, 5.74) is 0.939. The van der Waals surface area contributed by atoms with Gasteiger partial charge in [0.25, 0.3) is 5.91 Å². The number of amides is 1. The van der Waals surface area contributed by atoms with Crippen LogP contribution in [0.2, 0.25) is 0 Å². The molecule has 1 saturated heterocycles. The molecule has 1 aliphatic heterocycles. The molecule has 2 aromatic rings. The van der Waals surface area contributed by atoms with E-state index in [-0.39, 0.29) is 5.91 Å². The molecular formula is C18H19F3N4O. The highest BCUT2D eigenvalue weighted by Gasteiger charge is 2.31. The standard InChI is InChI=1S/C18H19F3N4O/c1-12-16(11-22-13(2)23-12)17(26)25-8-6-24(7-9-25)15-5-3-4-14(10-15)18(19,20)21/h3-5,10-11H,6-9H2,1-2H3. The molecule has 2 heterocycles. The zero-order chi connectivity index (χ0) is 18.9. The zero-order valence-corrected chi connectivity index (χ0v) is 14.5. The molecule has 1 aromatic heterocycles. The molecule has 1 aromatic carbocycles. The maximum absolute atomic E-state index is 12.9. The van der Waals surface area contributed by atoms with Gasteiger partial charge in [0.2, 0.25) is 0 Å². The lowest BCUT2D eigenvalue weighted by atomic mass is 10.1. The molecule has 8 heteroatoms. The van der Waals surface area contributed by atoms with E-state index in [2.05, 4.69) is 9.97 Å². The Morgan fingerprint density at radius 1 is 1.12 bits per heavy atom. The lowest BCUT2D eigenvalue weighted by Gasteiger charge is -2.36. The molecule has 0 spiro atoms. The second kappa shape index (κ2) is 6.93. The zero-order valence-electron chi connectivity index (χ0n) is 14.5. The summed E-state index contributed by atoms with van der Waals surface area (Å²) in [6, 6.07) is 5.27. The summed E-state index contributed by atoms with van der Waals surface area (Å²) in [6.45, 7) is 5.33. The maximum Gasteiger partial charge on any atom is 0.416 e. The fraction of sp³-hybridized carbons (Fsp3) is 0.389. The summed E-state index contributed by atoms with van der Waals surface area (Å²) in [5.74, 6) is 0.458. The maximum atomic E-state index is 12.9. The molecule has 138 valence electrons. The van der Waals surface area contributed by atoms with Gasteiger partial charge < -0.3 is 9.80 Å². The average Bonchev–Trinajstić information content (AvgIpc) is 2.61. The summed E-state index contributed by atoms with van der Waals surface area (Å²) in [4.78, 5) is 24.5. The molecule has 0 atom stereocenters. The Labute approximate surface area is 149 Å². The van der Waals surface area contributed by atoms with Gasteiger partial charge in [-0.25, -0.2) is 9.97 Å². The Balaban J connectivity index is 1.68. The van der Waals surface area contributed by atoms with Crippen molar-refractivity contribution in [1.82, 2.24) is 14.9 Å². The second-order valence-electron chi connectivity index (χ2n) is 6.24. The van der Waals surface area contributed by atoms with Gasteiger partial charge in [-0.15, -0.1) is 0 Å². The fourth-order valence-corrected chi connectivity index (χ4v) is 3.01. The van der Waals surface area contributed by atoms with Crippen LogP contribution in [0.1, 0.15) is 27.4 Å². The van der Waals surface area contributed by atoms with Crippen molar-refractivity contribution in [3.8, 4) is 0 Å². The Morgan fingerprint density at radius 3 is 2.42 bits per heavy atom. The van der Waals surface area contributed by atoms with Crippen LogP contribution in [0.25, 0.3) is 0 Å². The summed E-state index contributed by atoms with van der Waals surface area (Å²) < 4.78 is 38.6. The number of carbonyl (C=O) groups is 1. The van der Waals surface area contributed by atoms with Crippen LogP contribution in [-0.4, -0.2) is 47.0 Å². The summed E-state index contributed by atoms with van der Waals surface area (Å²) in [6.07, 6.45) is -2.84. The molecule has 0 N–H and O–H groups in total. The van der Waals surface area contributed by atoms with Crippen LogP contribution in [-0.2, 0) is 6.18 Å². The van der Waals surface area contributed by atoms with Crippen molar-refractivity contribution in [3.05, 3.63) is 53.1 Å². The highest BCUT2D eigenvalue weighted by molar-refractivity contribution is 5.95. The number of aromatic nitrogens is 2. The molecule has 0 saturated carbocycles. The fourth-order valence-electron chi connectivity index (χ4n) is 3.01. The molecule has 1 aliphatic rings. The van der Waals surface area contributed by atoms with E-state index in [1.54, 1.807) is 24.8 Å². The highest BCUT2D eigenvalue weighted by atomic mass is 19.4. The first-order valence-electron chi connectivity index (χ1n) is 8.27. The first-order chi connectivity index (χ1) is 12.3. The first kappa shape index (κ1) is 18.2. The number of aryl methyl sites for hydroxylation is 2. The molecule has 0 bridgehead atoms. The second-order valence-corrected chi connectivity index (χ2v) is 6.24. The molecule has 0 radical (unpaired) electrons. The van der Waals surface area contributed by atoms with E-state index in [0.717, 1.165) is 12.1 Å². The normalized spacial score (nSPS) is 15.3. The van der Waals surface area contributed by atoms with E-state index < -0.39 is 11.7 Å². The topological polar surface area (TPSA) is 49.3 Å².